The van der Waals surface area contributed by atoms with Crippen molar-refractivity contribution in [2.45, 2.75) is 52.1 Å². The molecule has 182 valence electrons. The third kappa shape index (κ3) is 5.21. The van der Waals surface area contributed by atoms with Crippen LogP contribution in [-0.2, 0) is 16.0 Å². The van der Waals surface area contributed by atoms with Gasteiger partial charge in [-0.25, -0.2) is 0 Å². The molecule has 6 heteroatoms. The summed E-state index contributed by atoms with van der Waals surface area (Å²) >= 11 is 0. The number of hydrogen-bond acceptors (Lipinski definition) is 3. The molecule has 0 saturated carbocycles. The summed E-state index contributed by atoms with van der Waals surface area (Å²) in [6.45, 7) is 7.96. The minimum Gasteiger partial charge on any atom is -0.350 e. The van der Waals surface area contributed by atoms with Gasteiger partial charge in [-0.15, -0.1) is 0 Å². The third-order valence-corrected chi connectivity index (χ3v) is 6.31. The standard InChI is InChI=1S/C29H33N3O3/c1-5-23(27(34)30-29(2,3)4)31(18-17-20-11-7-6-8-12-20)25(33)19-32-24-16-10-14-21-13-9-15-22(26(21)24)28(32)35/h6-16,23H,5,17-19H2,1-4H3,(H,30,34)/t23-/m0/s1. The summed E-state index contributed by atoms with van der Waals surface area (Å²) in [5, 5.41) is 4.87. The Morgan fingerprint density at radius 2 is 1.66 bits per heavy atom. The van der Waals surface area contributed by atoms with Crippen LogP contribution in [-0.4, -0.2) is 47.3 Å². The molecule has 3 aromatic carbocycles. The summed E-state index contributed by atoms with van der Waals surface area (Å²) in [5.74, 6) is -0.602. The minimum absolute atomic E-state index is 0.110. The van der Waals surface area contributed by atoms with Crippen molar-refractivity contribution in [3.63, 3.8) is 0 Å². The van der Waals surface area contributed by atoms with Crippen LogP contribution in [0, 0.1) is 0 Å². The Balaban J connectivity index is 1.61. The van der Waals surface area contributed by atoms with E-state index in [-0.39, 0.29) is 24.3 Å². The predicted molar refractivity (Wildman–Crippen MR) is 139 cm³/mol. The zero-order valence-electron chi connectivity index (χ0n) is 20.9. The van der Waals surface area contributed by atoms with E-state index in [9.17, 15) is 14.4 Å². The molecule has 0 bridgehead atoms. The fourth-order valence-corrected chi connectivity index (χ4v) is 4.71. The molecule has 1 atom stereocenters. The Kier molecular flexibility index (Phi) is 6.92. The maximum absolute atomic E-state index is 13.8. The van der Waals surface area contributed by atoms with Crippen LogP contribution in [0.1, 0.15) is 50.0 Å². The molecule has 6 nitrogen and oxygen atoms in total. The minimum atomic E-state index is -0.624. The van der Waals surface area contributed by atoms with Crippen molar-refractivity contribution in [3.8, 4) is 0 Å². The van der Waals surface area contributed by atoms with Gasteiger partial charge in [0.2, 0.25) is 11.8 Å². The van der Waals surface area contributed by atoms with Crippen LogP contribution in [0.3, 0.4) is 0 Å². The fraction of sp³-hybridized carbons (Fsp3) is 0.345. The molecule has 3 aromatic rings. The van der Waals surface area contributed by atoms with Crippen molar-refractivity contribution >= 4 is 34.2 Å². The van der Waals surface area contributed by atoms with Gasteiger partial charge in [0.1, 0.15) is 12.6 Å². The smallest absolute Gasteiger partial charge is 0.259 e. The molecule has 0 aliphatic carbocycles. The van der Waals surface area contributed by atoms with Gasteiger partial charge in [0.15, 0.2) is 0 Å². The molecule has 0 spiro atoms. The Morgan fingerprint density at radius 3 is 2.31 bits per heavy atom. The molecule has 35 heavy (non-hydrogen) atoms. The quantitative estimate of drug-likeness (QED) is 0.523. The van der Waals surface area contributed by atoms with Crippen LogP contribution < -0.4 is 10.2 Å². The highest BCUT2D eigenvalue weighted by atomic mass is 16.2. The molecule has 0 fully saturated rings. The van der Waals surface area contributed by atoms with Crippen molar-refractivity contribution in [2.75, 3.05) is 18.0 Å². The Labute approximate surface area is 206 Å². The summed E-state index contributed by atoms with van der Waals surface area (Å²) < 4.78 is 0. The summed E-state index contributed by atoms with van der Waals surface area (Å²) in [7, 11) is 0. The summed E-state index contributed by atoms with van der Waals surface area (Å²) in [6.07, 6.45) is 1.10. The van der Waals surface area contributed by atoms with Gasteiger partial charge in [-0.2, -0.15) is 0 Å². The average molecular weight is 472 g/mol. The van der Waals surface area contributed by atoms with E-state index < -0.39 is 11.6 Å². The van der Waals surface area contributed by atoms with Crippen molar-refractivity contribution in [1.82, 2.24) is 10.2 Å². The molecule has 1 N–H and O–H groups in total. The number of carbonyl (C=O) groups excluding carboxylic acids is 3. The Hall–Kier alpha value is -3.67. The monoisotopic (exact) mass is 471 g/mol. The number of anilines is 1. The predicted octanol–water partition coefficient (Wildman–Crippen LogP) is 4.56. The molecule has 0 radical (unpaired) electrons. The van der Waals surface area contributed by atoms with Gasteiger partial charge in [0.05, 0.1) is 5.69 Å². The van der Waals surface area contributed by atoms with E-state index >= 15 is 0 Å². The molecule has 1 aliphatic heterocycles. The highest BCUT2D eigenvalue weighted by molar-refractivity contribution is 6.26. The molecule has 1 heterocycles. The van der Waals surface area contributed by atoms with Gasteiger partial charge < -0.3 is 10.2 Å². The Bertz CT molecular complexity index is 1240. The second-order valence-electron chi connectivity index (χ2n) is 10.1. The van der Waals surface area contributed by atoms with Crippen LogP contribution in [0.15, 0.2) is 66.7 Å². The molecule has 4 rings (SSSR count). The normalized spacial score (nSPS) is 13.7. The van der Waals surface area contributed by atoms with Gasteiger partial charge >= 0.3 is 0 Å². The van der Waals surface area contributed by atoms with Crippen LogP contribution in [0.5, 0.6) is 0 Å². The van der Waals surface area contributed by atoms with Crippen LogP contribution in [0.25, 0.3) is 10.8 Å². The molecule has 0 saturated heterocycles. The highest BCUT2D eigenvalue weighted by Crippen LogP contribution is 2.37. The van der Waals surface area contributed by atoms with Crippen molar-refractivity contribution < 1.29 is 14.4 Å². The van der Waals surface area contributed by atoms with Crippen LogP contribution in [0.2, 0.25) is 0 Å². The maximum Gasteiger partial charge on any atom is 0.259 e. The third-order valence-electron chi connectivity index (χ3n) is 6.31. The van der Waals surface area contributed by atoms with Gasteiger partial charge in [-0.05, 0) is 56.7 Å². The SMILES string of the molecule is CC[C@@H](C(=O)NC(C)(C)C)N(CCc1ccccc1)C(=O)CN1C(=O)c2cccc3cccc1c23. The van der Waals surface area contributed by atoms with Crippen LogP contribution >= 0.6 is 0 Å². The van der Waals surface area contributed by atoms with E-state index in [1.54, 1.807) is 15.9 Å². The zero-order valence-corrected chi connectivity index (χ0v) is 20.9. The van der Waals surface area contributed by atoms with Gasteiger partial charge in [0, 0.05) is 23.0 Å². The largest absolute Gasteiger partial charge is 0.350 e. The lowest BCUT2D eigenvalue weighted by Gasteiger charge is -2.34. The van der Waals surface area contributed by atoms with Crippen LogP contribution in [0.4, 0.5) is 5.69 Å². The molecule has 3 amide bonds. The van der Waals surface area contributed by atoms with E-state index in [2.05, 4.69) is 5.32 Å². The van der Waals surface area contributed by atoms with Gasteiger partial charge in [-0.1, -0.05) is 61.5 Å². The average Bonchev–Trinajstić information content (AvgIpc) is 3.09. The first-order valence-electron chi connectivity index (χ1n) is 12.2. The van der Waals surface area contributed by atoms with E-state index in [1.165, 1.54) is 0 Å². The summed E-state index contributed by atoms with van der Waals surface area (Å²) in [5.41, 5.74) is 2.03. The Morgan fingerprint density at radius 1 is 0.971 bits per heavy atom. The number of nitrogens with zero attached hydrogens (tertiary/aromatic N) is 2. The van der Waals surface area contributed by atoms with E-state index in [4.69, 9.17) is 0 Å². The van der Waals surface area contributed by atoms with Crippen molar-refractivity contribution in [3.05, 3.63) is 77.9 Å². The zero-order chi connectivity index (χ0) is 25.2. The molecule has 0 unspecified atom stereocenters. The number of amides is 3. The second-order valence-corrected chi connectivity index (χ2v) is 10.1. The van der Waals surface area contributed by atoms with E-state index in [0.717, 1.165) is 22.0 Å². The van der Waals surface area contributed by atoms with Gasteiger partial charge in [0.25, 0.3) is 5.91 Å². The number of rotatable bonds is 8. The number of carbonyl (C=O) groups is 3. The lowest BCUT2D eigenvalue weighted by Crippen LogP contribution is -2.55. The lowest BCUT2D eigenvalue weighted by molar-refractivity contribution is -0.140. The topological polar surface area (TPSA) is 69.7 Å². The van der Waals surface area contributed by atoms with Gasteiger partial charge in [-0.3, -0.25) is 19.3 Å². The van der Waals surface area contributed by atoms with Crippen molar-refractivity contribution in [1.29, 1.82) is 0 Å². The second kappa shape index (κ2) is 9.90. The highest BCUT2D eigenvalue weighted by Gasteiger charge is 2.35. The molecular formula is C29H33N3O3. The lowest BCUT2D eigenvalue weighted by atomic mass is 10.1. The van der Waals surface area contributed by atoms with E-state index in [1.807, 2.05) is 88.4 Å². The number of hydrogen-bond donors (Lipinski definition) is 1. The first-order chi connectivity index (χ1) is 16.7. The first kappa shape index (κ1) is 24.5. The van der Waals surface area contributed by atoms with Crippen molar-refractivity contribution in [2.24, 2.45) is 0 Å². The number of benzene rings is 3. The fourth-order valence-electron chi connectivity index (χ4n) is 4.71. The summed E-state index contributed by atoms with van der Waals surface area (Å²) in [4.78, 5) is 43.4. The maximum atomic E-state index is 13.8. The summed E-state index contributed by atoms with van der Waals surface area (Å²) in [6, 6.07) is 20.7. The first-order valence-corrected chi connectivity index (χ1v) is 12.2. The number of nitrogens with one attached hydrogen (secondary N) is 1. The molecule has 0 aromatic heterocycles. The molecular weight excluding hydrogens is 438 g/mol. The van der Waals surface area contributed by atoms with E-state index in [0.29, 0.717) is 24.9 Å². The molecule has 1 aliphatic rings.